The van der Waals surface area contributed by atoms with Gasteiger partial charge >= 0.3 is 13.2 Å². The molecule has 1 amide bonds. The molecule has 6 nitrogen and oxygen atoms in total. The van der Waals surface area contributed by atoms with Crippen LogP contribution in [0.15, 0.2) is 18.5 Å². The molecule has 0 spiro atoms. The number of fused-ring (bicyclic) bond motifs is 2. The van der Waals surface area contributed by atoms with Gasteiger partial charge in [0.05, 0.1) is 11.2 Å². The molecular formula is C22H33BN2O4. The van der Waals surface area contributed by atoms with Crippen molar-refractivity contribution in [2.75, 3.05) is 0 Å². The average molecular weight is 400 g/mol. The van der Waals surface area contributed by atoms with Crippen LogP contribution in [0.25, 0.3) is 0 Å². The van der Waals surface area contributed by atoms with Gasteiger partial charge in [-0.2, -0.15) is 0 Å². The summed E-state index contributed by atoms with van der Waals surface area (Å²) in [5, 5.41) is 0. The summed E-state index contributed by atoms with van der Waals surface area (Å²) in [5.41, 5.74) is 0.847. The van der Waals surface area contributed by atoms with Crippen molar-refractivity contribution in [2.45, 2.75) is 103 Å². The van der Waals surface area contributed by atoms with E-state index in [4.69, 9.17) is 14.0 Å². The van der Waals surface area contributed by atoms with Gasteiger partial charge in [-0.1, -0.05) is 6.07 Å². The zero-order chi connectivity index (χ0) is 21.2. The van der Waals surface area contributed by atoms with Crippen molar-refractivity contribution < 1.29 is 18.8 Å². The maximum absolute atomic E-state index is 12.8. The molecule has 3 aliphatic rings. The lowest BCUT2D eigenvalue weighted by Crippen LogP contribution is -2.41. The van der Waals surface area contributed by atoms with Crippen LogP contribution < -0.4 is 5.46 Å². The van der Waals surface area contributed by atoms with Crippen molar-refractivity contribution in [3.63, 3.8) is 0 Å². The first-order valence-corrected chi connectivity index (χ1v) is 10.7. The second-order valence-corrected chi connectivity index (χ2v) is 10.7. The third kappa shape index (κ3) is 3.68. The lowest BCUT2D eigenvalue weighted by molar-refractivity contribution is 0.00578. The summed E-state index contributed by atoms with van der Waals surface area (Å²) in [6.45, 7) is 14.0. The molecule has 2 bridgehead atoms. The highest BCUT2D eigenvalue weighted by atomic mass is 16.7. The van der Waals surface area contributed by atoms with Crippen LogP contribution in [0.1, 0.15) is 79.2 Å². The second-order valence-electron chi connectivity index (χ2n) is 10.7. The van der Waals surface area contributed by atoms with Crippen LogP contribution in [0.2, 0.25) is 0 Å². The van der Waals surface area contributed by atoms with Crippen LogP contribution in [0.4, 0.5) is 4.79 Å². The van der Waals surface area contributed by atoms with E-state index in [0.717, 1.165) is 30.3 Å². The Balaban J connectivity index is 1.54. The Bertz CT molecular complexity index is 788. The van der Waals surface area contributed by atoms with Gasteiger partial charge in [0, 0.05) is 35.9 Å². The van der Waals surface area contributed by atoms with Gasteiger partial charge in [-0.05, 0) is 73.3 Å². The smallest absolute Gasteiger partial charge is 0.444 e. The largest absolute Gasteiger partial charge is 0.496 e. The van der Waals surface area contributed by atoms with Gasteiger partial charge in [0.1, 0.15) is 5.60 Å². The quantitative estimate of drug-likeness (QED) is 0.710. The molecule has 3 aliphatic heterocycles. The molecule has 0 aliphatic carbocycles. The Morgan fingerprint density at radius 2 is 1.83 bits per heavy atom. The molecule has 1 aromatic heterocycles. The summed E-state index contributed by atoms with van der Waals surface area (Å²) in [6, 6.07) is 2.57. The number of pyridine rings is 1. The monoisotopic (exact) mass is 400 g/mol. The molecule has 4 heterocycles. The van der Waals surface area contributed by atoms with E-state index in [-0.39, 0.29) is 35.3 Å². The highest BCUT2D eigenvalue weighted by Crippen LogP contribution is 2.47. The summed E-state index contributed by atoms with van der Waals surface area (Å²) in [4.78, 5) is 19.2. The Kier molecular flexibility index (Phi) is 4.78. The molecular weight excluding hydrogens is 367 g/mol. The van der Waals surface area contributed by atoms with Crippen LogP contribution in [0, 0.1) is 0 Å². The van der Waals surface area contributed by atoms with Crippen molar-refractivity contribution in [1.82, 2.24) is 9.88 Å². The minimum atomic E-state index is -0.479. The minimum absolute atomic E-state index is 0.171. The van der Waals surface area contributed by atoms with Crippen molar-refractivity contribution in [3.05, 3.63) is 24.0 Å². The topological polar surface area (TPSA) is 60.9 Å². The molecule has 0 saturated carbocycles. The first kappa shape index (κ1) is 20.7. The SMILES string of the molecule is CC(C)(C)OC(=O)N1C2CCC1C(c1cncc(B3OC(C)(C)C(C)(C)O3)c1)C2. The minimum Gasteiger partial charge on any atom is -0.444 e. The molecule has 3 fully saturated rings. The highest BCUT2D eigenvalue weighted by Gasteiger charge is 2.53. The number of hydrogen-bond donors (Lipinski definition) is 0. The zero-order valence-corrected chi connectivity index (χ0v) is 18.7. The van der Waals surface area contributed by atoms with Gasteiger partial charge in [0.2, 0.25) is 0 Å². The predicted octanol–water partition coefficient (Wildman–Crippen LogP) is 3.64. The molecule has 29 heavy (non-hydrogen) atoms. The standard InChI is InChI=1S/C22H33BN2O4/c1-20(2,3)27-19(26)25-16-8-9-18(25)17(11-16)14-10-15(13-24-12-14)23-28-21(4,5)22(6,7)29-23/h10,12-13,16-18H,8-9,11H2,1-7H3. The third-order valence-electron chi connectivity index (χ3n) is 6.88. The van der Waals surface area contributed by atoms with Gasteiger partial charge in [-0.15, -0.1) is 0 Å². The maximum atomic E-state index is 12.8. The molecule has 0 radical (unpaired) electrons. The van der Waals surface area contributed by atoms with Crippen molar-refractivity contribution in [1.29, 1.82) is 0 Å². The van der Waals surface area contributed by atoms with E-state index < -0.39 is 12.7 Å². The second kappa shape index (κ2) is 6.71. The predicted molar refractivity (Wildman–Crippen MR) is 112 cm³/mol. The van der Waals surface area contributed by atoms with Gasteiger partial charge in [0.15, 0.2) is 0 Å². The van der Waals surface area contributed by atoms with Gasteiger partial charge in [0.25, 0.3) is 0 Å². The molecule has 4 rings (SSSR count). The van der Waals surface area contributed by atoms with Gasteiger partial charge in [-0.25, -0.2) is 4.79 Å². The van der Waals surface area contributed by atoms with E-state index in [2.05, 4.69) is 38.7 Å². The number of carbonyl (C=O) groups is 1. The van der Waals surface area contributed by atoms with E-state index in [0.29, 0.717) is 0 Å². The Morgan fingerprint density at radius 3 is 2.45 bits per heavy atom. The maximum Gasteiger partial charge on any atom is 0.496 e. The summed E-state index contributed by atoms with van der Waals surface area (Å²) in [6.07, 6.45) is 6.57. The number of amides is 1. The molecule has 3 unspecified atom stereocenters. The number of hydrogen-bond acceptors (Lipinski definition) is 5. The van der Waals surface area contributed by atoms with Gasteiger partial charge < -0.3 is 18.9 Å². The van der Waals surface area contributed by atoms with Crippen LogP contribution in [0.3, 0.4) is 0 Å². The van der Waals surface area contributed by atoms with Crippen LogP contribution in [0.5, 0.6) is 0 Å². The Labute approximate surface area is 174 Å². The van der Waals surface area contributed by atoms with Crippen LogP contribution >= 0.6 is 0 Å². The Hall–Kier alpha value is -1.60. The highest BCUT2D eigenvalue weighted by molar-refractivity contribution is 6.62. The van der Waals surface area contributed by atoms with Crippen molar-refractivity contribution in [3.8, 4) is 0 Å². The molecule has 158 valence electrons. The van der Waals surface area contributed by atoms with Crippen molar-refractivity contribution in [2.24, 2.45) is 0 Å². The fourth-order valence-electron chi connectivity index (χ4n) is 4.73. The van der Waals surface area contributed by atoms with Gasteiger partial charge in [-0.3, -0.25) is 4.98 Å². The summed E-state index contributed by atoms with van der Waals surface area (Å²) in [5.74, 6) is 0.274. The van der Waals surface area contributed by atoms with E-state index in [1.807, 2.05) is 38.1 Å². The fraction of sp³-hybridized carbons (Fsp3) is 0.727. The number of rotatable bonds is 2. The van der Waals surface area contributed by atoms with E-state index >= 15 is 0 Å². The Morgan fingerprint density at radius 1 is 1.17 bits per heavy atom. The normalized spacial score (nSPS) is 30.1. The van der Waals surface area contributed by atoms with E-state index in [1.54, 1.807) is 0 Å². The number of ether oxygens (including phenoxy) is 1. The first-order valence-electron chi connectivity index (χ1n) is 10.7. The van der Waals surface area contributed by atoms with E-state index in [9.17, 15) is 4.79 Å². The molecule has 7 heteroatoms. The number of carbonyl (C=O) groups excluding carboxylic acids is 1. The number of nitrogens with zero attached hydrogens (tertiary/aromatic N) is 2. The summed E-state index contributed by atoms with van der Waals surface area (Å²) >= 11 is 0. The number of aromatic nitrogens is 1. The average Bonchev–Trinajstić information content (AvgIpc) is 3.23. The lowest BCUT2D eigenvalue weighted by Gasteiger charge is -2.32. The first-order chi connectivity index (χ1) is 13.4. The van der Waals surface area contributed by atoms with Crippen LogP contribution in [-0.2, 0) is 14.0 Å². The molecule has 3 atom stereocenters. The summed E-state index contributed by atoms with van der Waals surface area (Å²) in [7, 11) is -0.423. The zero-order valence-electron chi connectivity index (χ0n) is 18.7. The molecule has 0 N–H and O–H groups in total. The molecule has 1 aromatic rings. The molecule has 3 saturated heterocycles. The van der Waals surface area contributed by atoms with Crippen LogP contribution in [-0.4, -0.2) is 52.0 Å². The fourth-order valence-corrected chi connectivity index (χ4v) is 4.73. The lowest BCUT2D eigenvalue weighted by atomic mass is 9.77. The van der Waals surface area contributed by atoms with E-state index in [1.165, 1.54) is 0 Å². The third-order valence-corrected chi connectivity index (χ3v) is 6.88. The summed E-state index contributed by atoms with van der Waals surface area (Å²) < 4.78 is 18.1. The molecule has 0 aromatic carbocycles. The van der Waals surface area contributed by atoms with Crippen molar-refractivity contribution >= 4 is 18.7 Å².